The SMILES string of the molecule is CN1CCC2CN(CC3CC3)CC21. The van der Waals surface area contributed by atoms with Crippen LogP contribution in [0.3, 0.4) is 0 Å². The van der Waals surface area contributed by atoms with Gasteiger partial charge in [0.2, 0.25) is 0 Å². The molecule has 74 valence electrons. The van der Waals surface area contributed by atoms with Crippen LogP contribution in [0.25, 0.3) is 0 Å². The van der Waals surface area contributed by atoms with Crippen molar-refractivity contribution in [3.8, 4) is 0 Å². The summed E-state index contributed by atoms with van der Waals surface area (Å²) in [5, 5.41) is 0. The summed E-state index contributed by atoms with van der Waals surface area (Å²) in [7, 11) is 2.30. The lowest BCUT2D eigenvalue weighted by Gasteiger charge is -2.20. The molecule has 3 fully saturated rings. The third-order valence-corrected chi connectivity index (χ3v) is 4.11. The summed E-state index contributed by atoms with van der Waals surface area (Å²) >= 11 is 0. The van der Waals surface area contributed by atoms with E-state index in [9.17, 15) is 0 Å². The highest BCUT2D eigenvalue weighted by Gasteiger charge is 2.40. The van der Waals surface area contributed by atoms with Gasteiger partial charge < -0.3 is 9.80 Å². The molecular formula is C11H20N2. The number of hydrogen-bond acceptors (Lipinski definition) is 2. The molecule has 2 atom stereocenters. The molecule has 0 aromatic carbocycles. The number of likely N-dealkylation sites (N-methyl/N-ethyl adjacent to an activating group) is 1. The second-order valence-corrected chi connectivity index (χ2v) is 5.26. The fraction of sp³-hybridized carbons (Fsp3) is 1.00. The zero-order valence-electron chi connectivity index (χ0n) is 8.58. The van der Waals surface area contributed by atoms with Gasteiger partial charge in [0.1, 0.15) is 0 Å². The number of likely N-dealkylation sites (tertiary alicyclic amines) is 2. The molecule has 3 aliphatic rings. The summed E-state index contributed by atoms with van der Waals surface area (Å²) in [5.41, 5.74) is 0. The van der Waals surface area contributed by atoms with Crippen molar-refractivity contribution in [2.45, 2.75) is 25.3 Å². The summed E-state index contributed by atoms with van der Waals surface area (Å²) in [5.74, 6) is 2.08. The van der Waals surface area contributed by atoms with E-state index in [-0.39, 0.29) is 0 Å². The topological polar surface area (TPSA) is 6.48 Å². The quantitative estimate of drug-likeness (QED) is 0.626. The highest BCUT2D eigenvalue weighted by atomic mass is 15.3. The van der Waals surface area contributed by atoms with Crippen molar-refractivity contribution in [2.24, 2.45) is 11.8 Å². The molecule has 1 saturated carbocycles. The van der Waals surface area contributed by atoms with E-state index in [0.29, 0.717) is 0 Å². The van der Waals surface area contributed by atoms with E-state index in [2.05, 4.69) is 16.8 Å². The lowest BCUT2D eigenvalue weighted by molar-refractivity contribution is 0.254. The van der Waals surface area contributed by atoms with E-state index in [1.807, 2.05) is 0 Å². The maximum atomic E-state index is 2.71. The van der Waals surface area contributed by atoms with Crippen molar-refractivity contribution >= 4 is 0 Å². The van der Waals surface area contributed by atoms with Crippen LogP contribution in [-0.2, 0) is 0 Å². The first-order chi connectivity index (χ1) is 6.33. The molecule has 0 spiro atoms. The Hall–Kier alpha value is -0.0800. The zero-order valence-corrected chi connectivity index (χ0v) is 8.58. The number of hydrogen-bond donors (Lipinski definition) is 0. The summed E-state index contributed by atoms with van der Waals surface area (Å²) in [6.45, 7) is 5.50. The van der Waals surface area contributed by atoms with Crippen LogP contribution in [0.4, 0.5) is 0 Å². The predicted molar refractivity (Wildman–Crippen MR) is 53.7 cm³/mol. The van der Waals surface area contributed by atoms with Crippen molar-refractivity contribution in [3.63, 3.8) is 0 Å². The molecule has 0 aromatic heterocycles. The standard InChI is InChI=1S/C11H20N2/c1-12-5-4-10-7-13(8-11(10)12)6-9-2-3-9/h9-11H,2-8H2,1H3. The second-order valence-electron chi connectivity index (χ2n) is 5.26. The molecule has 0 aromatic rings. The van der Waals surface area contributed by atoms with E-state index in [1.54, 1.807) is 0 Å². The van der Waals surface area contributed by atoms with Crippen LogP contribution in [0.1, 0.15) is 19.3 Å². The summed E-state index contributed by atoms with van der Waals surface area (Å²) in [6.07, 6.45) is 4.45. The van der Waals surface area contributed by atoms with Crippen LogP contribution < -0.4 is 0 Å². The first-order valence-corrected chi connectivity index (χ1v) is 5.75. The van der Waals surface area contributed by atoms with Gasteiger partial charge in [0.25, 0.3) is 0 Å². The van der Waals surface area contributed by atoms with Gasteiger partial charge >= 0.3 is 0 Å². The van der Waals surface area contributed by atoms with E-state index in [1.165, 1.54) is 45.4 Å². The lowest BCUT2D eigenvalue weighted by atomic mass is 10.1. The Morgan fingerprint density at radius 2 is 2.00 bits per heavy atom. The number of fused-ring (bicyclic) bond motifs is 1. The van der Waals surface area contributed by atoms with Gasteiger partial charge in [0, 0.05) is 25.7 Å². The third-order valence-electron chi connectivity index (χ3n) is 4.11. The van der Waals surface area contributed by atoms with E-state index in [0.717, 1.165) is 17.9 Å². The maximum absolute atomic E-state index is 2.71. The van der Waals surface area contributed by atoms with Crippen LogP contribution in [-0.4, -0.2) is 49.1 Å². The van der Waals surface area contributed by atoms with Gasteiger partial charge in [-0.2, -0.15) is 0 Å². The highest BCUT2D eigenvalue weighted by molar-refractivity contribution is 4.95. The minimum absolute atomic E-state index is 0.902. The van der Waals surface area contributed by atoms with Crippen LogP contribution in [0.2, 0.25) is 0 Å². The molecule has 1 aliphatic carbocycles. The molecule has 0 radical (unpaired) electrons. The van der Waals surface area contributed by atoms with Gasteiger partial charge in [0.05, 0.1) is 0 Å². The van der Waals surface area contributed by atoms with Gasteiger partial charge in [-0.05, 0) is 44.7 Å². The van der Waals surface area contributed by atoms with Crippen molar-refractivity contribution in [3.05, 3.63) is 0 Å². The first kappa shape index (κ1) is 8.25. The minimum Gasteiger partial charge on any atom is -0.302 e. The van der Waals surface area contributed by atoms with Gasteiger partial charge in [-0.15, -0.1) is 0 Å². The molecule has 2 saturated heterocycles. The normalized spacial score (nSPS) is 41.3. The molecule has 2 heteroatoms. The largest absolute Gasteiger partial charge is 0.302 e. The van der Waals surface area contributed by atoms with Gasteiger partial charge in [-0.1, -0.05) is 0 Å². The zero-order chi connectivity index (χ0) is 8.84. The Morgan fingerprint density at radius 1 is 1.15 bits per heavy atom. The Morgan fingerprint density at radius 3 is 2.69 bits per heavy atom. The van der Waals surface area contributed by atoms with Gasteiger partial charge in [-0.25, -0.2) is 0 Å². The molecule has 0 amide bonds. The Bertz CT molecular complexity index is 200. The van der Waals surface area contributed by atoms with E-state index in [4.69, 9.17) is 0 Å². The predicted octanol–water partition coefficient (Wildman–Crippen LogP) is 1.03. The summed E-state index contributed by atoms with van der Waals surface area (Å²) in [4.78, 5) is 5.28. The fourth-order valence-corrected chi connectivity index (χ4v) is 3.07. The van der Waals surface area contributed by atoms with Crippen LogP contribution in [0.5, 0.6) is 0 Å². The van der Waals surface area contributed by atoms with Gasteiger partial charge in [-0.3, -0.25) is 0 Å². The molecule has 2 nitrogen and oxygen atoms in total. The third kappa shape index (κ3) is 1.50. The number of nitrogens with zero attached hydrogens (tertiary/aromatic N) is 2. The Balaban J connectivity index is 1.58. The average Bonchev–Trinajstić information content (AvgIpc) is 2.71. The minimum atomic E-state index is 0.902. The summed E-state index contributed by atoms with van der Waals surface area (Å²) in [6, 6.07) is 0.902. The van der Waals surface area contributed by atoms with Crippen LogP contribution in [0.15, 0.2) is 0 Å². The van der Waals surface area contributed by atoms with Crippen LogP contribution in [0, 0.1) is 11.8 Å². The molecule has 0 N–H and O–H groups in total. The smallest absolute Gasteiger partial charge is 0.0261 e. The van der Waals surface area contributed by atoms with Gasteiger partial charge in [0.15, 0.2) is 0 Å². The highest BCUT2D eigenvalue weighted by Crippen LogP contribution is 2.35. The molecule has 2 heterocycles. The number of rotatable bonds is 2. The molecule has 13 heavy (non-hydrogen) atoms. The lowest BCUT2D eigenvalue weighted by Crippen LogP contribution is -2.32. The second kappa shape index (κ2) is 2.96. The van der Waals surface area contributed by atoms with Crippen molar-refractivity contribution in [1.82, 2.24) is 9.80 Å². The van der Waals surface area contributed by atoms with Crippen molar-refractivity contribution < 1.29 is 0 Å². The monoisotopic (exact) mass is 180 g/mol. The molecule has 2 aliphatic heterocycles. The fourth-order valence-electron chi connectivity index (χ4n) is 3.07. The maximum Gasteiger partial charge on any atom is 0.0261 e. The molecule has 3 rings (SSSR count). The average molecular weight is 180 g/mol. The van der Waals surface area contributed by atoms with E-state index >= 15 is 0 Å². The Labute approximate surface area is 80.9 Å². The molecule has 2 unspecified atom stereocenters. The first-order valence-electron chi connectivity index (χ1n) is 5.75. The molecular weight excluding hydrogens is 160 g/mol. The van der Waals surface area contributed by atoms with E-state index < -0.39 is 0 Å². The van der Waals surface area contributed by atoms with Crippen molar-refractivity contribution in [2.75, 3.05) is 33.2 Å². The Kier molecular flexibility index (Phi) is 1.88. The van der Waals surface area contributed by atoms with Crippen molar-refractivity contribution in [1.29, 1.82) is 0 Å². The summed E-state index contributed by atoms with van der Waals surface area (Å²) < 4.78 is 0. The molecule has 0 bridgehead atoms. The van der Waals surface area contributed by atoms with Crippen LogP contribution >= 0.6 is 0 Å².